The molecule has 0 saturated heterocycles. The Bertz CT molecular complexity index is 560. The lowest BCUT2D eigenvalue weighted by molar-refractivity contribution is 0.0948. The summed E-state index contributed by atoms with van der Waals surface area (Å²) in [5.41, 5.74) is 6.09. The summed E-state index contributed by atoms with van der Waals surface area (Å²) in [6.07, 6.45) is 1.52. The highest BCUT2D eigenvalue weighted by Gasteiger charge is 2.11. The fourth-order valence-corrected chi connectivity index (χ4v) is 1.42. The number of amides is 3. The Hall–Kier alpha value is -2.59. The molecule has 1 rings (SSSR count). The van der Waals surface area contributed by atoms with Crippen molar-refractivity contribution in [1.82, 2.24) is 20.5 Å². The van der Waals surface area contributed by atoms with Crippen molar-refractivity contribution in [3.05, 3.63) is 29.6 Å². The summed E-state index contributed by atoms with van der Waals surface area (Å²) < 4.78 is 0. The van der Waals surface area contributed by atoms with Gasteiger partial charge in [0, 0.05) is 33.4 Å². The van der Waals surface area contributed by atoms with E-state index in [9.17, 15) is 9.59 Å². The zero-order valence-electron chi connectivity index (χ0n) is 12.1. The fourth-order valence-electron chi connectivity index (χ4n) is 1.42. The average molecular weight is 289 g/mol. The molecule has 21 heavy (non-hydrogen) atoms. The summed E-state index contributed by atoms with van der Waals surface area (Å²) in [5, 5.41) is 5.32. The number of hydrogen-bond donors (Lipinski definition) is 3. The third-order valence-electron chi connectivity index (χ3n) is 2.44. The maximum atomic E-state index is 12.0. The molecule has 0 aliphatic rings. The van der Waals surface area contributed by atoms with Gasteiger partial charge >= 0.3 is 6.03 Å². The van der Waals surface area contributed by atoms with Crippen molar-refractivity contribution in [2.24, 2.45) is 5.73 Å². The smallest absolute Gasteiger partial charge is 0.316 e. The van der Waals surface area contributed by atoms with Gasteiger partial charge in [-0.1, -0.05) is 11.8 Å². The van der Waals surface area contributed by atoms with Gasteiger partial charge in [0.2, 0.25) is 0 Å². The van der Waals surface area contributed by atoms with Crippen molar-refractivity contribution in [2.45, 2.75) is 0 Å². The predicted octanol–water partition coefficient (Wildman–Crippen LogP) is -0.607. The molecule has 7 heteroatoms. The molecule has 0 aromatic carbocycles. The molecule has 1 aromatic heterocycles. The lowest BCUT2D eigenvalue weighted by atomic mass is 10.2. The minimum atomic E-state index is -0.337. The van der Waals surface area contributed by atoms with Gasteiger partial charge in [-0.25, -0.2) is 9.78 Å². The van der Waals surface area contributed by atoms with Crippen LogP contribution in [-0.2, 0) is 0 Å². The van der Waals surface area contributed by atoms with E-state index in [1.807, 2.05) is 0 Å². The molecule has 1 aromatic rings. The maximum absolute atomic E-state index is 12.0. The number of nitrogens with two attached hydrogens (primary N) is 1. The number of hydrogen-bond acceptors (Lipinski definition) is 4. The first kappa shape index (κ1) is 16.5. The van der Waals surface area contributed by atoms with E-state index >= 15 is 0 Å². The lowest BCUT2D eigenvalue weighted by Crippen LogP contribution is -2.39. The van der Waals surface area contributed by atoms with Crippen LogP contribution in [0.15, 0.2) is 18.3 Å². The number of rotatable bonds is 4. The van der Waals surface area contributed by atoms with Gasteiger partial charge in [-0.05, 0) is 12.1 Å². The Morgan fingerprint density at radius 3 is 2.71 bits per heavy atom. The lowest BCUT2D eigenvalue weighted by Gasteiger charge is -2.12. The number of aromatic nitrogens is 1. The molecule has 0 bridgehead atoms. The van der Waals surface area contributed by atoms with E-state index in [-0.39, 0.29) is 24.2 Å². The van der Waals surface area contributed by atoms with Crippen molar-refractivity contribution in [3.63, 3.8) is 0 Å². The van der Waals surface area contributed by atoms with Crippen molar-refractivity contribution in [2.75, 3.05) is 33.7 Å². The second kappa shape index (κ2) is 8.55. The molecular formula is C14H19N5O2. The van der Waals surface area contributed by atoms with Gasteiger partial charge in [-0.3, -0.25) is 4.79 Å². The molecule has 0 spiro atoms. The Kier molecular flexibility index (Phi) is 6.71. The van der Waals surface area contributed by atoms with Gasteiger partial charge in [-0.15, -0.1) is 0 Å². The second-order valence-electron chi connectivity index (χ2n) is 4.29. The molecule has 0 atom stereocenters. The van der Waals surface area contributed by atoms with E-state index in [0.29, 0.717) is 18.7 Å². The zero-order chi connectivity index (χ0) is 15.7. The average Bonchev–Trinajstić information content (AvgIpc) is 2.49. The molecule has 0 fully saturated rings. The number of carbonyl (C=O) groups is 2. The van der Waals surface area contributed by atoms with E-state index in [1.165, 1.54) is 11.1 Å². The Morgan fingerprint density at radius 1 is 1.33 bits per heavy atom. The first-order valence-corrected chi connectivity index (χ1v) is 6.43. The summed E-state index contributed by atoms with van der Waals surface area (Å²) >= 11 is 0. The normalized spacial score (nSPS) is 9.29. The highest BCUT2D eigenvalue weighted by Crippen LogP contribution is 2.03. The zero-order valence-corrected chi connectivity index (χ0v) is 12.1. The van der Waals surface area contributed by atoms with Crippen LogP contribution in [0.3, 0.4) is 0 Å². The van der Waals surface area contributed by atoms with Crippen LogP contribution in [0.2, 0.25) is 0 Å². The van der Waals surface area contributed by atoms with Gasteiger partial charge in [0.25, 0.3) is 5.91 Å². The van der Waals surface area contributed by atoms with E-state index in [1.54, 1.807) is 26.2 Å². The van der Waals surface area contributed by atoms with Gasteiger partial charge in [0.1, 0.15) is 5.69 Å². The van der Waals surface area contributed by atoms with E-state index < -0.39 is 0 Å². The fraction of sp³-hybridized carbons (Fsp3) is 0.357. The quantitative estimate of drug-likeness (QED) is 0.508. The molecule has 1 heterocycles. The van der Waals surface area contributed by atoms with Crippen LogP contribution in [0, 0.1) is 11.8 Å². The Labute approximate surface area is 123 Å². The van der Waals surface area contributed by atoms with E-state index in [0.717, 1.165) is 0 Å². The number of carbonyl (C=O) groups excluding carboxylic acids is 2. The molecule has 0 radical (unpaired) electrons. The summed E-state index contributed by atoms with van der Waals surface area (Å²) in [6, 6.07) is 3.20. The van der Waals surface area contributed by atoms with Crippen molar-refractivity contribution in [1.29, 1.82) is 0 Å². The molecule has 0 unspecified atom stereocenters. The first-order chi connectivity index (χ1) is 10.1. The largest absolute Gasteiger partial charge is 0.349 e. The van der Waals surface area contributed by atoms with Gasteiger partial charge in [0.05, 0.1) is 12.1 Å². The van der Waals surface area contributed by atoms with E-state index in [2.05, 4.69) is 27.5 Å². The monoisotopic (exact) mass is 289 g/mol. The molecule has 3 amide bonds. The topological polar surface area (TPSA) is 100 Å². The Balaban J connectivity index is 2.55. The minimum Gasteiger partial charge on any atom is -0.349 e. The maximum Gasteiger partial charge on any atom is 0.316 e. The summed E-state index contributed by atoms with van der Waals surface area (Å²) in [5.74, 6) is 5.16. The third-order valence-corrected chi connectivity index (χ3v) is 2.44. The van der Waals surface area contributed by atoms with Gasteiger partial charge < -0.3 is 21.3 Å². The number of pyridine rings is 1. The molecule has 0 saturated carbocycles. The molecular weight excluding hydrogens is 270 g/mol. The number of urea groups is 1. The standard InChI is InChI=1S/C14H19N5O2/c1-19(2)14(21)18-10-9-17-13(20)12-11(5-3-7-15)6-4-8-16-12/h4,6,8H,7,9-10,15H2,1-2H3,(H,17,20)(H,18,21). The van der Waals surface area contributed by atoms with Gasteiger partial charge in [-0.2, -0.15) is 0 Å². The second-order valence-corrected chi connectivity index (χ2v) is 4.29. The van der Waals surface area contributed by atoms with Crippen molar-refractivity contribution in [3.8, 4) is 11.8 Å². The van der Waals surface area contributed by atoms with E-state index in [4.69, 9.17) is 5.73 Å². The van der Waals surface area contributed by atoms with Crippen molar-refractivity contribution < 1.29 is 9.59 Å². The SMILES string of the molecule is CN(C)C(=O)NCCNC(=O)c1ncccc1C#CCN. The Morgan fingerprint density at radius 2 is 2.05 bits per heavy atom. The summed E-state index contributed by atoms with van der Waals surface area (Å²) in [4.78, 5) is 28.7. The van der Waals surface area contributed by atoms with Crippen LogP contribution in [-0.4, -0.2) is 55.6 Å². The van der Waals surface area contributed by atoms with Crippen LogP contribution >= 0.6 is 0 Å². The number of nitrogens with zero attached hydrogens (tertiary/aromatic N) is 2. The third kappa shape index (κ3) is 5.50. The van der Waals surface area contributed by atoms with Crippen LogP contribution in [0.5, 0.6) is 0 Å². The van der Waals surface area contributed by atoms with Crippen LogP contribution < -0.4 is 16.4 Å². The summed E-state index contributed by atoms with van der Waals surface area (Å²) in [7, 11) is 3.29. The molecule has 0 aliphatic carbocycles. The van der Waals surface area contributed by atoms with Gasteiger partial charge in [0.15, 0.2) is 0 Å². The van der Waals surface area contributed by atoms with Crippen LogP contribution in [0.4, 0.5) is 4.79 Å². The highest BCUT2D eigenvalue weighted by atomic mass is 16.2. The highest BCUT2D eigenvalue weighted by molar-refractivity contribution is 5.94. The summed E-state index contributed by atoms with van der Waals surface area (Å²) in [6.45, 7) is 0.852. The van der Waals surface area contributed by atoms with Crippen LogP contribution in [0.25, 0.3) is 0 Å². The first-order valence-electron chi connectivity index (χ1n) is 6.43. The minimum absolute atomic E-state index is 0.211. The molecule has 0 aliphatic heterocycles. The molecule has 7 nitrogen and oxygen atoms in total. The van der Waals surface area contributed by atoms with Crippen LogP contribution in [0.1, 0.15) is 16.1 Å². The predicted molar refractivity (Wildman–Crippen MR) is 79.6 cm³/mol. The number of nitrogens with one attached hydrogen (secondary N) is 2. The van der Waals surface area contributed by atoms with Crippen molar-refractivity contribution >= 4 is 11.9 Å². The molecule has 112 valence electrons. The molecule has 4 N–H and O–H groups in total.